The van der Waals surface area contributed by atoms with Gasteiger partial charge in [-0.15, -0.1) is 0 Å². The highest BCUT2D eigenvalue weighted by atomic mass is 16.5. The van der Waals surface area contributed by atoms with E-state index in [0.717, 1.165) is 128 Å². The summed E-state index contributed by atoms with van der Waals surface area (Å²) < 4.78 is 29.4. The smallest absolute Gasteiger partial charge is 0.256 e. The lowest BCUT2D eigenvalue weighted by atomic mass is 9.29. The summed E-state index contributed by atoms with van der Waals surface area (Å²) in [4.78, 5) is 2.56. The van der Waals surface area contributed by atoms with E-state index in [1.807, 2.05) is 0 Å². The van der Waals surface area contributed by atoms with Crippen molar-refractivity contribution in [1.82, 2.24) is 0 Å². The number of fused-ring (bicyclic) bond motifs is 16. The van der Waals surface area contributed by atoms with Crippen molar-refractivity contribution in [1.29, 1.82) is 0 Å². The first-order chi connectivity index (χ1) is 45.4. The van der Waals surface area contributed by atoms with Gasteiger partial charge in [0.05, 0.1) is 11.1 Å². The van der Waals surface area contributed by atoms with Crippen molar-refractivity contribution >= 4 is 113 Å². The van der Waals surface area contributed by atoms with Gasteiger partial charge in [0, 0.05) is 51.0 Å². The number of ether oxygens (including phenoxy) is 2. The molecule has 4 aliphatic heterocycles. The van der Waals surface area contributed by atoms with Gasteiger partial charge < -0.3 is 23.2 Å². The summed E-state index contributed by atoms with van der Waals surface area (Å²) in [5, 5.41) is 4.10. The molecule has 19 rings (SSSR count). The minimum Gasteiger partial charge on any atom is -0.458 e. The molecule has 5 aliphatic rings. The van der Waals surface area contributed by atoms with E-state index in [1.54, 1.807) is 0 Å². The monoisotopic (exact) mass is 1200 g/mol. The number of hydrogen-bond acceptors (Lipinski definition) is 5. The Morgan fingerprint density at radius 3 is 1.76 bits per heavy atom. The summed E-state index contributed by atoms with van der Waals surface area (Å²) in [7, 11) is 0. The van der Waals surface area contributed by atoms with Crippen molar-refractivity contribution in [2.45, 2.75) is 58.3 Å². The molecule has 14 aromatic rings. The lowest BCUT2D eigenvalue weighted by Gasteiger charge is -2.44. The average Bonchev–Trinajstić information content (AvgIpc) is 1.55. The first-order valence-electron chi connectivity index (χ1n) is 32.8. The van der Waals surface area contributed by atoms with Gasteiger partial charge in [0.25, 0.3) is 13.4 Å². The molecule has 442 valence electrons. The third-order valence-corrected chi connectivity index (χ3v) is 20.7. The topological polar surface area (TPSA) is 48.0 Å². The molecular weight excluding hydrogens is 1130 g/mol. The van der Waals surface area contributed by atoms with Crippen molar-refractivity contribution < 1.29 is 18.3 Å². The molecule has 6 heterocycles. The quantitative estimate of drug-likeness (QED) is 0.155. The zero-order valence-electron chi connectivity index (χ0n) is 52.7. The zero-order chi connectivity index (χ0) is 62.2. The van der Waals surface area contributed by atoms with Crippen molar-refractivity contribution in [2.75, 3.05) is 4.90 Å². The number of furan rings is 2. The fourth-order valence-electron chi connectivity index (χ4n) is 16.3. The van der Waals surface area contributed by atoms with Crippen LogP contribution in [0.3, 0.4) is 0 Å². The summed E-state index contributed by atoms with van der Waals surface area (Å²) in [6.07, 6.45) is 7.11. The first kappa shape index (κ1) is 54.0. The molecule has 0 radical (unpaired) electrons. The highest BCUT2D eigenvalue weighted by Crippen LogP contribution is 2.53. The standard InChI is InChI=1S/C86H63B2NO4/c1-85(2,3)56-41-54(42-57(46-56)86(4,5)6)55-43-65-78(61-33-22-32-58(61)51-25-12-8-13-26-51)64-47-71-69(48-68(64)88-67-40-38-62-60-30-17-20-35-73(60)91-82(62)83(67)93-77(45-55)80(65)88)87-66-39-37-53(50-23-10-7-11-24-50)44-75(66)92-84-79-63-31-18-21-36-74(63)90-76(79)49-72(81(84)87)89(71)70-34-19-16-29-59(70)52-27-14-9-15-28-52/h7-49,61,78H,1-6H3. The van der Waals surface area contributed by atoms with Crippen LogP contribution >= 0.6 is 0 Å². The molecule has 0 spiro atoms. The molecule has 7 heteroatoms. The van der Waals surface area contributed by atoms with Crippen LogP contribution in [0.15, 0.2) is 270 Å². The Morgan fingerprint density at radius 2 is 1.01 bits per heavy atom. The van der Waals surface area contributed by atoms with E-state index in [2.05, 4.69) is 307 Å². The molecule has 2 unspecified atom stereocenters. The van der Waals surface area contributed by atoms with Gasteiger partial charge in [0.15, 0.2) is 11.3 Å². The van der Waals surface area contributed by atoms with Gasteiger partial charge in [-0.3, -0.25) is 0 Å². The minimum absolute atomic E-state index is 0.0577. The van der Waals surface area contributed by atoms with Crippen molar-refractivity contribution in [3.63, 3.8) is 0 Å². The summed E-state index contributed by atoms with van der Waals surface area (Å²) in [5.74, 6) is 3.04. The molecule has 5 nitrogen and oxygen atoms in total. The molecule has 0 amide bonds. The summed E-state index contributed by atoms with van der Waals surface area (Å²) in [5.41, 5.74) is 27.5. The number of rotatable bonds is 6. The molecule has 0 fully saturated rings. The van der Waals surface area contributed by atoms with Crippen LogP contribution in [-0.2, 0) is 10.8 Å². The molecule has 1 aliphatic carbocycles. The van der Waals surface area contributed by atoms with E-state index >= 15 is 0 Å². The molecule has 2 atom stereocenters. The maximum Gasteiger partial charge on any atom is 0.256 e. The fourth-order valence-corrected chi connectivity index (χ4v) is 16.3. The second-order valence-electron chi connectivity index (χ2n) is 28.2. The summed E-state index contributed by atoms with van der Waals surface area (Å²) in [6, 6.07) is 89.6. The first-order valence-corrected chi connectivity index (χ1v) is 32.8. The Labute approximate surface area is 542 Å². The zero-order valence-corrected chi connectivity index (χ0v) is 52.7. The lowest BCUT2D eigenvalue weighted by Crippen LogP contribution is -2.64. The van der Waals surface area contributed by atoms with Crippen LogP contribution in [-0.4, -0.2) is 13.4 Å². The number of para-hydroxylation sites is 3. The largest absolute Gasteiger partial charge is 0.458 e. The number of anilines is 3. The highest BCUT2D eigenvalue weighted by molar-refractivity contribution is 7.01. The van der Waals surface area contributed by atoms with E-state index < -0.39 is 0 Å². The lowest BCUT2D eigenvalue weighted by molar-refractivity contribution is 0.479. The third-order valence-electron chi connectivity index (χ3n) is 20.7. The average molecular weight is 1200 g/mol. The molecule has 0 N–H and O–H groups in total. The number of nitrogens with zero attached hydrogens (tertiary/aromatic N) is 1. The Morgan fingerprint density at radius 1 is 0.387 bits per heavy atom. The van der Waals surface area contributed by atoms with E-state index in [0.29, 0.717) is 0 Å². The van der Waals surface area contributed by atoms with Gasteiger partial charge in [-0.25, -0.2) is 0 Å². The third kappa shape index (κ3) is 8.15. The summed E-state index contributed by atoms with van der Waals surface area (Å²) in [6.45, 7) is 13.5. The van der Waals surface area contributed by atoms with Crippen LogP contribution in [0.4, 0.5) is 17.1 Å². The van der Waals surface area contributed by atoms with Gasteiger partial charge in [-0.05, 0) is 136 Å². The molecule has 12 aromatic carbocycles. The normalized spacial score (nSPS) is 15.8. The molecular formula is C86H63B2NO4. The Balaban J connectivity index is 0.957. The molecule has 0 bridgehead atoms. The molecule has 2 aromatic heterocycles. The number of benzene rings is 12. The molecule has 0 saturated carbocycles. The van der Waals surface area contributed by atoms with Crippen LogP contribution in [0.25, 0.3) is 82.8 Å². The van der Waals surface area contributed by atoms with Crippen LogP contribution < -0.4 is 47.2 Å². The van der Waals surface area contributed by atoms with Crippen molar-refractivity contribution in [3.8, 4) is 56.4 Å². The SMILES string of the molecule is CC(C)(C)c1cc(-c2cc3c4c(c2)C(C2C=CC=C2c2ccccc2)c2cc5c(cc2B4c2ccc4c(oc6ccccc64)c2O3)B2c3ccc(-c4ccccc4)cc3Oc3c2c(cc2oc4ccccc4c32)N5c2ccccc2-c2ccccc2)cc(C(C)(C)C)c1. The van der Waals surface area contributed by atoms with Crippen LogP contribution in [0, 0.1) is 5.92 Å². The Hall–Kier alpha value is -10.8. The van der Waals surface area contributed by atoms with Crippen LogP contribution in [0.1, 0.15) is 75.3 Å². The number of hydrogen-bond donors (Lipinski definition) is 0. The molecule has 93 heavy (non-hydrogen) atoms. The number of allylic oxidation sites excluding steroid dienone is 4. The second-order valence-corrected chi connectivity index (χ2v) is 28.2. The Kier molecular flexibility index (Phi) is 11.5. The minimum atomic E-state index is -0.265. The molecule has 0 saturated heterocycles. The van der Waals surface area contributed by atoms with Crippen LogP contribution in [0.5, 0.6) is 23.0 Å². The van der Waals surface area contributed by atoms with E-state index in [1.165, 1.54) is 55.3 Å². The maximum absolute atomic E-state index is 7.72. The predicted octanol–water partition coefficient (Wildman–Crippen LogP) is 18.8. The maximum atomic E-state index is 7.72. The Bertz CT molecular complexity index is 5540. The van der Waals surface area contributed by atoms with E-state index in [-0.39, 0.29) is 36.1 Å². The van der Waals surface area contributed by atoms with Gasteiger partial charge in [0.2, 0.25) is 0 Å². The van der Waals surface area contributed by atoms with E-state index in [4.69, 9.17) is 18.3 Å². The summed E-state index contributed by atoms with van der Waals surface area (Å²) >= 11 is 0. The fraction of sp³-hybridized carbons (Fsp3) is 0.116. The van der Waals surface area contributed by atoms with E-state index in [9.17, 15) is 0 Å². The van der Waals surface area contributed by atoms with Gasteiger partial charge in [0.1, 0.15) is 34.0 Å². The van der Waals surface area contributed by atoms with Gasteiger partial charge >= 0.3 is 0 Å². The van der Waals surface area contributed by atoms with Crippen molar-refractivity contribution in [2.24, 2.45) is 5.92 Å². The second kappa shape index (κ2) is 19.9. The highest BCUT2D eigenvalue weighted by Gasteiger charge is 2.50. The van der Waals surface area contributed by atoms with Crippen molar-refractivity contribution in [3.05, 3.63) is 289 Å². The predicted molar refractivity (Wildman–Crippen MR) is 387 cm³/mol. The van der Waals surface area contributed by atoms with Gasteiger partial charge in [-0.2, -0.15) is 0 Å². The van der Waals surface area contributed by atoms with Crippen LogP contribution in [0.2, 0.25) is 0 Å². The van der Waals surface area contributed by atoms with Gasteiger partial charge in [-0.1, -0.05) is 265 Å².